The van der Waals surface area contributed by atoms with Crippen molar-refractivity contribution in [2.75, 3.05) is 7.11 Å². The topological polar surface area (TPSA) is 42.4 Å². The zero-order valence-electron chi connectivity index (χ0n) is 9.11. The highest BCUT2D eigenvalue weighted by Crippen LogP contribution is 2.24. The molecule has 0 radical (unpaired) electrons. The molecule has 0 fully saturated rings. The van der Waals surface area contributed by atoms with E-state index in [1.54, 1.807) is 6.20 Å². The van der Waals surface area contributed by atoms with Crippen molar-refractivity contribution >= 4 is 0 Å². The molecule has 3 heteroatoms. The van der Waals surface area contributed by atoms with E-state index in [0.717, 1.165) is 5.56 Å². The van der Waals surface area contributed by atoms with Crippen molar-refractivity contribution in [3.8, 4) is 0 Å². The molecule has 1 heterocycles. The van der Waals surface area contributed by atoms with Crippen LogP contribution in [0.4, 0.5) is 0 Å². The molecule has 0 aliphatic rings. The molecule has 0 saturated carbocycles. The Labute approximate surface area is 84.7 Å². The molecule has 1 atom stereocenters. The maximum Gasteiger partial charge on any atom is 0.182 e. The van der Waals surface area contributed by atoms with Gasteiger partial charge >= 0.3 is 0 Å². The first-order valence-corrected chi connectivity index (χ1v) is 4.61. The van der Waals surface area contributed by atoms with Crippen molar-refractivity contribution in [3.63, 3.8) is 0 Å². The van der Waals surface area contributed by atoms with Crippen molar-refractivity contribution in [1.29, 1.82) is 0 Å². The Bertz CT molecular complexity index is 304. The predicted octanol–water partition coefficient (Wildman–Crippen LogP) is 2.02. The summed E-state index contributed by atoms with van der Waals surface area (Å²) < 4.78 is 4.82. The van der Waals surface area contributed by atoms with Crippen molar-refractivity contribution < 1.29 is 9.84 Å². The van der Waals surface area contributed by atoms with Crippen LogP contribution in [-0.4, -0.2) is 17.2 Å². The molecule has 1 aromatic heterocycles. The third-order valence-corrected chi connectivity index (χ3v) is 2.13. The summed E-state index contributed by atoms with van der Waals surface area (Å²) in [5.41, 5.74) is 1.82. The molecular weight excluding hydrogens is 178 g/mol. The summed E-state index contributed by atoms with van der Waals surface area (Å²) in [7, 11) is 1.47. The molecule has 0 bridgehead atoms. The molecule has 14 heavy (non-hydrogen) atoms. The Kier molecular flexibility index (Phi) is 3.24. The van der Waals surface area contributed by atoms with Gasteiger partial charge in [-0.25, -0.2) is 0 Å². The van der Waals surface area contributed by atoms with Crippen molar-refractivity contribution in [2.24, 2.45) is 0 Å². The monoisotopic (exact) mass is 195 g/mol. The molecule has 1 N–H and O–H groups in total. The molecule has 0 spiro atoms. The predicted molar refractivity (Wildman–Crippen MR) is 54.9 cm³/mol. The van der Waals surface area contributed by atoms with E-state index in [-0.39, 0.29) is 5.41 Å². The Morgan fingerprint density at radius 3 is 2.50 bits per heavy atom. The van der Waals surface area contributed by atoms with Crippen LogP contribution in [-0.2, 0) is 10.2 Å². The number of aliphatic hydroxyl groups is 1. The second kappa shape index (κ2) is 4.07. The number of nitrogens with zero attached hydrogens (tertiary/aromatic N) is 1. The highest BCUT2D eigenvalue weighted by atomic mass is 16.6. The fourth-order valence-corrected chi connectivity index (χ4v) is 1.14. The average Bonchev–Trinajstić information content (AvgIpc) is 2.15. The van der Waals surface area contributed by atoms with Crippen molar-refractivity contribution in [3.05, 3.63) is 29.6 Å². The lowest BCUT2D eigenvalue weighted by atomic mass is 9.87. The summed E-state index contributed by atoms with van der Waals surface area (Å²) in [4.78, 5) is 4.08. The summed E-state index contributed by atoms with van der Waals surface area (Å²) >= 11 is 0. The van der Waals surface area contributed by atoms with Crippen LogP contribution in [0.1, 0.15) is 38.2 Å². The van der Waals surface area contributed by atoms with Gasteiger partial charge < -0.3 is 9.84 Å². The fourth-order valence-electron chi connectivity index (χ4n) is 1.14. The smallest absolute Gasteiger partial charge is 0.182 e. The van der Waals surface area contributed by atoms with Gasteiger partial charge in [-0.3, -0.25) is 4.98 Å². The molecule has 78 valence electrons. The number of rotatable bonds is 2. The number of methoxy groups -OCH3 is 1. The zero-order chi connectivity index (χ0) is 10.8. The maximum atomic E-state index is 9.46. The summed E-state index contributed by atoms with van der Waals surface area (Å²) in [5, 5.41) is 9.46. The van der Waals surface area contributed by atoms with Gasteiger partial charge in [-0.15, -0.1) is 0 Å². The number of aromatic nitrogens is 1. The maximum absolute atomic E-state index is 9.46. The van der Waals surface area contributed by atoms with Gasteiger partial charge in [0.25, 0.3) is 0 Å². The van der Waals surface area contributed by atoms with E-state index in [0.29, 0.717) is 5.56 Å². The largest absolute Gasteiger partial charge is 0.364 e. The van der Waals surface area contributed by atoms with Crippen LogP contribution in [0.15, 0.2) is 18.5 Å². The minimum atomic E-state index is -0.884. The molecular formula is C11H17NO2. The third-order valence-electron chi connectivity index (χ3n) is 2.13. The van der Waals surface area contributed by atoms with Crippen molar-refractivity contribution in [1.82, 2.24) is 4.98 Å². The van der Waals surface area contributed by atoms with Gasteiger partial charge in [0, 0.05) is 25.1 Å². The van der Waals surface area contributed by atoms with Gasteiger partial charge in [-0.1, -0.05) is 20.8 Å². The van der Waals surface area contributed by atoms with Crippen LogP contribution < -0.4 is 0 Å². The number of pyridine rings is 1. The molecule has 0 aromatic carbocycles. The van der Waals surface area contributed by atoms with Crippen LogP contribution >= 0.6 is 0 Å². The van der Waals surface area contributed by atoms with Crippen molar-refractivity contribution in [2.45, 2.75) is 32.5 Å². The first-order valence-electron chi connectivity index (χ1n) is 4.61. The summed E-state index contributed by atoms with van der Waals surface area (Å²) in [5.74, 6) is 0. The minimum Gasteiger partial charge on any atom is -0.364 e. The van der Waals surface area contributed by atoms with Gasteiger partial charge in [0.1, 0.15) is 0 Å². The molecule has 3 nitrogen and oxygen atoms in total. The van der Waals surface area contributed by atoms with Crippen LogP contribution in [0.25, 0.3) is 0 Å². The van der Waals surface area contributed by atoms with E-state index in [4.69, 9.17) is 4.74 Å². The molecule has 1 unspecified atom stereocenters. The molecule has 0 aliphatic heterocycles. The second-order valence-electron chi connectivity index (χ2n) is 4.35. The van der Waals surface area contributed by atoms with Gasteiger partial charge in [0.15, 0.2) is 6.29 Å². The number of hydrogen-bond donors (Lipinski definition) is 1. The molecule has 1 aromatic rings. The summed E-state index contributed by atoms with van der Waals surface area (Å²) in [6, 6.07) is 1.92. The van der Waals surface area contributed by atoms with E-state index in [1.165, 1.54) is 7.11 Å². The fraction of sp³-hybridized carbons (Fsp3) is 0.545. The van der Waals surface area contributed by atoms with Gasteiger partial charge in [-0.05, 0) is 17.0 Å². The van der Waals surface area contributed by atoms with E-state index in [2.05, 4.69) is 25.8 Å². The standard InChI is InChI=1S/C11H17NO2/c1-11(2,3)9-5-8(6-12-7-9)10(13)14-4/h5-7,10,13H,1-4H3. The summed E-state index contributed by atoms with van der Waals surface area (Å²) in [6.45, 7) is 6.31. The van der Waals surface area contributed by atoms with E-state index in [9.17, 15) is 5.11 Å². The quantitative estimate of drug-likeness (QED) is 0.734. The molecule has 0 aliphatic carbocycles. The normalized spacial score (nSPS) is 14.1. The highest BCUT2D eigenvalue weighted by molar-refractivity contribution is 5.24. The van der Waals surface area contributed by atoms with Gasteiger partial charge in [0.05, 0.1) is 0 Å². The lowest BCUT2D eigenvalue weighted by molar-refractivity contribution is -0.0772. The molecule has 0 amide bonds. The first kappa shape index (κ1) is 11.1. The van der Waals surface area contributed by atoms with E-state index in [1.807, 2.05) is 12.3 Å². The molecule has 1 rings (SSSR count). The second-order valence-corrected chi connectivity index (χ2v) is 4.35. The van der Waals surface area contributed by atoms with E-state index >= 15 is 0 Å². The Morgan fingerprint density at radius 2 is 2.00 bits per heavy atom. The van der Waals surface area contributed by atoms with E-state index < -0.39 is 6.29 Å². The van der Waals surface area contributed by atoms with Crippen LogP contribution in [0, 0.1) is 0 Å². The van der Waals surface area contributed by atoms with Gasteiger partial charge in [-0.2, -0.15) is 0 Å². The Balaban J connectivity index is 3.01. The summed E-state index contributed by atoms with van der Waals surface area (Å²) in [6.07, 6.45) is 2.54. The number of hydrogen-bond acceptors (Lipinski definition) is 3. The molecule has 0 saturated heterocycles. The number of aliphatic hydroxyl groups excluding tert-OH is 1. The third kappa shape index (κ3) is 2.53. The lowest BCUT2D eigenvalue weighted by Gasteiger charge is -2.19. The van der Waals surface area contributed by atoms with Gasteiger partial charge in [0.2, 0.25) is 0 Å². The number of ether oxygens (including phenoxy) is 1. The van der Waals surface area contributed by atoms with Crippen LogP contribution in [0.2, 0.25) is 0 Å². The minimum absolute atomic E-state index is 0.0382. The SMILES string of the molecule is COC(O)c1cncc(C(C)(C)C)c1. The first-order chi connectivity index (χ1) is 6.45. The lowest BCUT2D eigenvalue weighted by Crippen LogP contribution is -2.13. The zero-order valence-corrected chi connectivity index (χ0v) is 9.11. The van der Waals surface area contributed by atoms with Crippen LogP contribution in [0.3, 0.4) is 0 Å². The highest BCUT2D eigenvalue weighted by Gasteiger charge is 2.16. The Morgan fingerprint density at radius 1 is 1.36 bits per heavy atom. The van der Waals surface area contributed by atoms with Crippen LogP contribution in [0.5, 0.6) is 0 Å². The average molecular weight is 195 g/mol. The Hall–Kier alpha value is -0.930.